The van der Waals surface area contributed by atoms with Crippen LogP contribution in [0.15, 0.2) is 60.8 Å². The van der Waals surface area contributed by atoms with Gasteiger partial charge in [-0.1, -0.05) is 158 Å². The van der Waals surface area contributed by atoms with E-state index in [1.54, 1.807) is 6.08 Å². The van der Waals surface area contributed by atoms with E-state index in [1.807, 2.05) is 6.08 Å². The van der Waals surface area contributed by atoms with E-state index >= 15 is 0 Å². The first-order valence-corrected chi connectivity index (χ1v) is 23.1. The first kappa shape index (κ1) is 53.9. The molecule has 0 aromatic carbocycles. The monoisotopic (exact) mass is 820 g/mol. The fraction of sp³-hybridized carbons (Fsp3) is 0.771. The Kier molecular flexibility index (Phi) is 35.1. The third-order valence-corrected chi connectivity index (χ3v) is 10.7. The molecule has 10 heteroatoms. The molecule has 0 spiro atoms. The molecule has 8 atom stereocenters. The molecule has 1 amide bonds. The fourth-order valence-corrected chi connectivity index (χ4v) is 6.81. The number of unbranched alkanes of at least 4 members (excludes halogenated alkanes) is 18. The lowest BCUT2D eigenvalue weighted by atomic mass is 9.99. The Bertz CT molecular complexity index is 1110. The number of aliphatic hydroxyl groups is 6. The van der Waals surface area contributed by atoms with Crippen LogP contribution >= 0.6 is 0 Å². The molecule has 0 saturated carbocycles. The standard InChI is InChI=1S/C48H85NO9/c1-3-5-7-9-11-13-15-17-19-21-23-24-26-28-30-32-34-36-41(51)40(39-57-48-46(55)45(54)44(53)43(38-50)58-48)49-47(56)42(52)37-35-33-31-29-27-25-22-20-18-16-14-12-10-8-6-4-2/h12,14,18-21,26,28,34,36,40-46,48,50-55H,3-11,13,15-17,22-25,27,29-33,35,37-39H2,1-2H3,(H,49,56)/b14-12-,20-18-,21-19+,28-26+,36-34+. The number of hydrogen-bond acceptors (Lipinski definition) is 9. The number of hydrogen-bond donors (Lipinski definition) is 7. The van der Waals surface area contributed by atoms with Crippen LogP contribution in [0.25, 0.3) is 0 Å². The van der Waals surface area contributed by atoms with Gasteiger partial charge in [0, 0.05) is 0 Å². The highest BCUT2D eigenvalue weighted by molar-refractivity contribution is 5.80. The Morgan fingerprint density at radius 2 is 1.07 bits per heavy atom. The minimum Gasteiger partial charge on any atom is -0.394 e. The summed E-state index contributed by atoms with van der Waals surface area (Å²) in [6.07, 6.45) is 38.7. The summed E-state index contributed by atoms with van der Waals surface area (Å²) in [5.41, 5.74) is 0. The second-order valence-electron chi connectivity index (χ2n) is 16.0. The van der Waals surface area contributed by atoms with Crippen molar-refractivity contribution in [2.24, 2.45) is 0 Å². The number of amides is 1. The Morgan fingerprint density at radius 1 is 0.603 bits per heavy atom. The summed E-state index contributed by atoms with van der Waals surface area (Å²) in [5, 5.41) is 64.6. The number of carbonyl (C=O) groups excluding carboxylic acids is 1. The number of nitrogens with one attached hydrogen (secondary N) is 1. The van der Waals surface area contributed by atoms with Gasteiger partial charge in [-0.05, 0) is 77.0 Å². The molecular weight excluding hydrogens is 735 g/mol. The summed E-state index contributed by atoms with van der Waals surface area (Å²) in [6.45, 7) is 3.53. The lowest BCUT2D eigenvalue weighted by Crippen LogP contribution is -2.60. The minimum atomic E-state index is -1.62. The molecule has 1 rings (SSSR count). The molecule has 0 bridgehead atoms. The quantitative estimate of drug-likeness (QED) is 0.0240. The van der Waals surface area contributed by atoms with Crippen LogP contribution in [0.2, 0.25) is 0 Å². The van der Waals surface area contributed by atoms with E-state index in [-0.39, 0.29) is 13.0 Å². The van der Waals surface area contributed by atoms with Crippen LogP contribution in [0.5, 0.6) is 0 Å². The Labute approximate surface area is 352 Å². The molecule has 0 radical (unpaired) electrons. The minimum absolute atomic E-state index is 0.286. The van der Waals surface area contributed by atoms with Crippen molar-refractivity contribution < 1.29 is 44.9 Å². The normalized spacial score (nSPS) is 22.0. The van der Waals surface area contributed by atoms with Crippen LogP contribution in [0.1, 0.15) is 174 Å². The molecule has 1 heterocycles. The van der Waals surface area contributed by atoms with Gasteiger partial charge in [0.2, 0.25) is 5.91 Å². The van der Waals surface area contributed by atoms with Crippen molar-refractivity contribution in [3.8, 4) is 0 Å². The fourth-order valence-electron chi connectivity index (χ4n) is 6.81. The molecular formula is C48H85NO9. The number of ether oxygens (including phenoxy) is 2. The van der Waals surface area contributed by atoms with Crippen LogP contribution < -0.4 is 5.32 Å². The smallest absolute Gasteiger partial charge is 0.249 e. The third kappa shape index (κ3) is 27.6. The van der Waals surface area contributed by atoms with Gasteiger partial charge in [0.15, 0.2) is 6.29 Å². The highest BCUT2D eigenvalue weighted by Crippen LogP contribution is 2.22. The molecule has 0 aromatic heterocycles. The van der Waals surface area contributed by atoms with Crippen LogP contribution in [-0.4, -0.2) is 98.7 Å². The number of rotatable bonds is 37. The topological polar surface area (TPSA) is 169 Å². The zero-order valence-electron chi connectivity index (χ0n) is 36.4. The molecule has 1 saturated heterocycles. The zero-order chi connectivity index (χ0) is 42.5. The van der Waals surface area contributed by atoms with Crippen molar-refractivity contribution in [1.29, 1.82) is 0 Å². The van der Waals surface area contributed by atoms with E-state index in [9.17, 15) is 35.4 Å². The molecule has 58 heavy (non-hydrogen) atoms. The van der Waals surface area contributed by atoms with Gasteiger partial charge in [-0.15, -0.1) is 0 Å². The lowest BCUT2D eigenvalue weighted by molar-refractivity contribution is -0.302. The Hall–Kier alpha value is -2.15. The van der Waals surface area contributed by atoms with Crippen LogP contribution in [0.3, 0.4) is 0 Å². The highest BCUT2D eigenvalue weighted by Gasteiger charge is 2.44. The summed E-state index contributed by atoms with van der Waals surface area (Å²) >= 11 is 0. The second kappa shape index (κ2) is 37.8. The third-order valence-electron chi connectivity index (χ3n) is 10.7. The average molecular weight is 820 g/mol. The van der Waals surface area contributed by atoms with Crippen molar-refractivity contribution >= 4 is 5.91 Å². The molecule has 336 valence electrons. The molecule has 0 aliphatic carbocycles. The van der Waals surface area contributed by atoms with Gasteiger partial charge in [0.1, 0.15) is 30.5 Å². The first-order valence-electron chi connectivity index (χ1n) is 23.1. The molecule has 7 N–H and O–H groups in total. The van der Waals surface area contributed by atoms with Crippen LogP contribution in [0.4, 0.5) is 0 Å². The van der Waals surface area contributed by atoms with Gasteiger partial charge in [-0.3, -0.25) is 4.79 Å². The molecule has 8 unspecified atom stereocenters. The molecule has 0 aromatic rings. The summed E-state index contributed by atoms with van der Waals surface area (Å²) < 4.78 is 11.1. The zero-order valence-corrected chi connectivity index (χ0v) is 36.4. The van der Waals surface area contributed by atoms with E-state index in [0.717, 1.165) is 70.6 Å². The van der Waals surface area contributed by atoms with E-state index in [4.69, 9.17) is 9.47 Å². The Morgan fingerprint density at radius 3 is 1.64 bits per heavy atom. The molecule has 1 aliphatic rings. The SMILES string of the molecule is CCCCC/C=C\C/C=C\CCCCCCCCC(O)C(=O)NC(COC1OC(CO)C(O)C(O)C1O)C(O)/C=C/CC/C=C/CC/C=C/CCCCCCCCC. The van der Waals surface area contributed by atoms with Crippen molar-refractivity contribution in [1.82, 2.24) is 5.32 Å². The number of carbonyl (C=O) groups is 1. The van der Waals surface area contributed by atoms with Gasteiger partial charge in [0.25, 0.3) is 0 Å². The Balaban J connectivity index is 2.48. The van der Waals surface area contributed by atoms with Gasteiger partial charge in [0.05, 0.1) is 25.4 Å². The second-order valence-corrected chi connectivity index (χ2v) is 16.0. The molecule has 1 aliphatic heterocycles. The van der Waals surface area contributed by atoms with Gasteiger partial charge in [-0.2, -0.15) is 0 Å². The lowest BCUT2D eigenvalue weighted by Gasteiger charge is -2.40. The van der Waals surface area contributed by atoms with Gasteiger partial charge >= 0.3 is 0 Å². The van der Waals surface area contributed by atoms with Crippen LogP contribution in [0, 0.1) is 0 Å². The maximum absolute atomic E-state index is 13.0. The van der Waals surface area contributed by atoms with E-state index < -0.39 is 61.5 Å². The van der Waals surface area contributed by atoms with Crippen molar-refractivity contribution in [3.05, 3.63) is 60.8 Å². The van der Waals surface area contributed by atoms with Crippen molar-refractivity contribution in [2.45, 2.75) is 223 Å². The highest BCUT2D eigenvalue weighted by atomic mass is 16.7. The molecule has 10 nitrogen and oxygen atoms in total. The predicted molar refractivity (Wildman–Crippen MR) is 236 cm³/mol. The first-order chi connectivity index (χ1) is 28.3. The van der Waals surface area contributed by atoms with Gasteiger partial charge < -0.3 is 45.4 Å². The van der Waals surface area contributed by atoms with E-state index in [0.29, 0.717) is 12.8 Å². The summed E-state index contributed by atoms with van der Waals surface area (Å²) in [7, 11) is 0. The van der Waals surface area contributed by atoms with Gasteiger partial charge in [-0.25, -0.2) is 0 Å². The average Bonchev–Trinajstić information content (AvgIpc) is 3.22. The maximum atomic E-state index is 13.0. The maximum Gasteiger partial charge on any atom is 0.249 e. The van der Waals surface area contributed by atoms with E-state index in [1.165, 1.54) is 70.6 Å². The van der Waals surface area contributed by atoms with Crippen LogP contribution in [-0.2, 0) is 14.3 Å². The summed E-state index contributed by atoms with van der Waals surface area (Å²) in [5.74, 6) is -0.642. The number of aliphatic hydroxyl groups excluding tert-OH is 6. The largest absolute Gasteiger partial charge is 0.394 e. The predicted octanol–water partition coefficient (Wildman–Crippen LogP) is 8.58. The molecule has 1 fully saturated rings. The number of allylic oxidation sites excluding steroid dienone is 9. The summed E-state index contributed by atoms with van der Waals surface area (Å²) in [4.78, 5) is 13.0. The van der Waals surface area contributed by atoms with Crippen molar-refractivity contribution in [3.63, 3.8) is 0 Å². The van der Waals surface area contributed by atoms with E-state index in [2.05, 4.69) is 67.8 Å². The van der Waals surface area contributed by atoms with Crippen molar-refractivity contribution in [2.75, 3.05) is 13.2 Å². The summed E-state index contributed by atoms with van der Waals surface area (Å²) in [6, 6.07) is -1.01.